The Hall–Kier alpha value is -1.74. The van der Waals surface area contributed by atoms with Crippen LogP contribution in [0.3, 0.4) is 0 Å². The molecular formula is C17H14Cl2F2N2O3S. The first kappa shape index (κ1) is 20.0. The monoisotopic (exact) mass is 434 g/mol. The fraction of sp³-hybridized carbons (Fsp3) is 0.235. The second-order valence-corrected chi connectivity index (χ2v) is 8.68. The van der Waals surface area contributed by atoms with Crippen molar-refractivity contribution in [1.82, 2.24) is 9.21 Å². The number of amides is 1. The predicted octanol–water partition coefficient (Wildman–Crippen LogP) is 3.42. The first-order chi connectivity index (χ1) is 12.7. The van der Waals surface area contributed by atoms with Gasteiger partial charge in [0, 0.05) is 31.2 Å². The van der Waals surface area contributed by atoms with Gasteiger partial charge in [-0.2, -0.15) is 4.31 Å². The molecule has 2 aromatic rings. The number of hydrogen-bond donors (Lipinski definition) is 0. The van der Waals surface area contributed by atoms with E-state index >= 15 is 0 Å². The molecule has 0 radical (unpaired) electrons. The van der Waals surface area contributed by atoms with E-state index in [4.69, 9.17) is 23.2 Å². The molecule has 0 unspecified atom stereocenters. The zero-order valence-electron chi connectivity index (χ0n) is 13.8. The van der Waals surface area contributed by atoms with Gasteiger partial charge in [-0.15, -0.1) is 0 Å². The Bertz CT molecular complexity index is 976. The van der Waals surface area contributed by atoms with Gasteiger partial charge in [-0.25, -0.2) is 17.2 Å². The molecule has 3 rings (SSSR count). The standard InChI is InChI=1S/C17H14Cl2F2N2O3S/c18-11-1-3-12(4-2-11)27(25,26)23-7-5-22(6-8-23)17(24)13-9-15(20)16(21)10-14(13)19/h1-4,9-10H,5-8H2. The fourth-order valence-corrected chi connectivity index (χ4v) is 4.52. The molecular weight excluding hydrogens is 421 g/mol. The molecule has 0 bridgehead atoms. The summed E-state index contributed by atoms with van der Waals surface area (Å²) < 4.78 is 53.1. The van der Waals surface area contributed by atoms with Crippen LogP contribution in [0.1, 0.15) is 10.4 Å². The maximum Gasteiger partial charge on any atom is 0.255 e. The van der Waals surface area contributed by atoms with Gasteiger partial charge in [-0.3, -0.25) is 4.79 Å². The number of carbonyl (C=O) groups excluding carboxylic acids is 1. The predicted molar refractivity (Wildman–Crippen MR) is 97.5 cm³/mol. The molecule has 1 amide bonds. The molecule has 1 aliphatic rings. The third-order valence-electron chi connectivity index (χ3n) is 4.22. The summed E-state index contributed by atoms with van der Waals surface area (Å²) in [5.74, 6) is -2.90. The Labute approximate surface area is 165 Å². The number of halogens is 4. The third-order valence-corrected chi connectivity index (χ3v) is 6.70. The summed E-state index contributed by atoms with van der Waals surface area (Å²) in [6, 6.07) is 7.29. The molecule has 2 aromatic carbocycles. The summed E-state index contributed by atoms with van der Waals surface area (Å²) in [5, 5.41) is 0.225. The molecule has 1 heterocycles. The minimum absolute atomic E-state index is 0.0675. The van der Waals surface area contributed by atoms with E-state index in [0.29, 0.717) is 5.02 Å². The van der Waals surface area contributed by atoms with Crippen LogP contribution in [0.4, 0.5) is 8.78 Å². The fourth-order valence-electron chi connectivity index (χ4n) is 2.74. The van der Waals surface area contributed by atoms with Crippen LogP contribution in [0.5, 0.6) is 0 Å². The van der Waals surface area contributed by atoms with Crippen molar-refractivity contribution in [2.24, 2.45) is 0 Å². The minimum Gasteiger partial charge on any atom is -0.336 e. The average molecular weight is 435 g/mol. The molecule has 0 aromatic heterocycles. The van der Waals surface area contributed by atoms with Gasteiger partial charge >= 0.3 is 0 Å². The van der Waals surface area contributed by atoms with Gasteiger partial charge in [0.25, 0.3) is 5.91 Å². The second kappa shape index (κ2) is 7.71. The number of rotatable bonds is 3. The van der Waals surface area contributed by atoms with Crippen LogP contribution in [0.15, 0.2) is 41.3 Å². The van der Waals surface area contributed by atoms with E-state index in [1.54, 1.807) is 0 Å². The van der Waals surface area contributed by atoms with Crippen LogP contribution in [0.25, 0.3) is 0 Å². The second-order valence-electron chi connectivity index (χ2n) is 5.90. The molecule has 10 heteroatoms. The summed E-state index contributed by atoms with van der Waals surface area (Å²) in [6.45, 7) is 0.331. The van der Waals surface area contributed by atoms with Crippen LogP contribution >= 0.6 is 23.2 Å². The Morgan fingerprint density at radius 3 is 2.07 bits per heavy atom. The van der Waals surface area contributed by atoms with Crippen LogP contribution in [0.2, 0.25) is 10.0 Å². The third kappa shape index (κ3) is 4.08. The number of carbonyl (C=O) groups is 1. The van der Waals surface area contributed by atoms with Crippen molar-refractivity contribution in [3.63, 3.8) is 0 Å². The molecule has 0 saturated carbocycles. The van der Waals surface area contributed by atoms with Crippen molar-refractivity contribution in [3.05, 3.63) is 63.6 Å². The van der Waals surface area contributed by atoms with E-state index in [9.17, 15) is 22.0 Å². The lowest BCUT2D eigenvalue weighted by Gasteiger charge is -2.34. The molecule has 144 valence electrons. The molecule has 1 fully saturated rings. The van der Waals surface area contributed by atoms with E-state index in [-0.39, 0.29) is 41.7 Å². The normalized spacial score (nSPS) is 15.8. The van der Waals surface area contributed by atoms with Crippen molar-refractivity contribution >= 4 is 39.1 Å². The van der Waals surface area contributed by atoms with Crippen molar-refractivity contribution in [2.75, 3.05) is 26.2 Å². The van der Waals surface area contributed by atoms with Crippen molar-refractivity contribution in [2.45, 2.75) is 4.90 Å². The molecule has 0 atom stereocenters. The van der Waals surface area contributed by atoms with Gasteiger partial charge in [0.05, 0.1) is 15.5 Å². The van der Waals surface area contributed by atoms with Crippen molar-refractivity contribution in [1.29, 1.82) is 0 Å². The Morgan fingerprint density at radius 1 is 0.926 bits per heavy atom. The smallest absolute Gasteiger partial charge is 0.255 e. The van der Waals surface area contributed by atoms with Crippen LogP contribution < -0.4 is 0 Å². The Kier molecular flexibility index (Phi) is 5.71. The zero-order chi connectivity index (χ0) is 19.8. The highest BCUT2D eigenvalue weighted by Gasteiger charge is 2.31. The summed E-state index contributed by atoms with van der Waals surface area (Å²) in [6.07, 6.45) is 0. The first-order valence-corrected chi connectivity index (χ1v) is 10.1. The zero-order valence-corrected chi connectivity index (χ0v) is 16.2. The van der Waals surface area contributed by atoms with Crippen molar-refractivity contribution in [3.8, 4) is 0 Å². The molecule has 1 saturated heterocycles. The van der Waals surface area contributed by atoms with E-state index in [2.05, 4.69) is 0 Å². The van der Waals surface area contributed by atoms with Crippen LogP contribution in [-0.4, -0.2) is 49.7 Å². The quantitative estimate of drug-likeness (QED) is 0.695. The highest BCUT2D eigenvalue weighted by Crippen LogP contribution is 2.24. The topological polar surface area (TPSA) is 57.7 Å². The van der Waals surface area contributed by atoms with Gasteiger partial charge in [0.2, 0.25) is 10.0 Å². The van der Waals surface area contributed by atoms with E-state index in [0.717, 1.165) is 12.1 Å². The Morgan fingerprint density at radius 2 is 1.48 bits per heavy atom. The molecule has 1 aliphatic heterocycles. The lowest BCUT2D eigenvalue weighted by Crippen LogP contribution is -2.50. The van der Waals surface area contributed by atoms with E-state index in [1.165, 1.54) is 33.5 Å². The van der Waals surface area contributed by atoms with Gasteiger partial charge in [-0.05, 0) is 36.4 Å². The summed E-state index contributed by atoms with van der Waals surface area (Å²) in [4.78, 5) is 14.0. The largest absolute Gasteiger partial charge is 0.336 e. The lowest BCUT2D eigenvalue weighted by molar-refractivity contribution is 0.0697. The molecule has 0 aliphatic carbocycles. The van der Waals surface area contributed by atoms with E-state index < -0.39 is 27.6 Å². The maximum atomic E-state index is 13.4. The number of benzene rings is 2. The molecule has 27 heavy (non-hydrogen) atoms. The average Bonchev–Trinajstić information content (AvgIpc) is 2.64. The molecule has 5 nitrogen and oxygen atoms in total. The lowest BCUT2D eigenvalue weighted by atomic mass is 10.1. The van der Waals surface area contributed by atoms with Crippen LogP contribution in [0, 0.1) is 11.6 Å². The van der Waals surface area contributed by atoms with Crippen LogP contribution in [-0.2, 0) is 10.0 Å². The SMILES string of the molecule is O=C(c1cc(F)c(F)cc1Cl)N1CCN(S(=O)(=O)c2ccc(Cl)cc2)CC1. The number of nitrogens with zero attached hydrogens (tertiary/aromatic N) is 2. The van der Waals surface area contributed by atoms with E-state index in [1.807, 2.05) is 0 Å². The highest BCUT2D eigenvalue weighted by atomic mass is 35.5. The Balaban J connectivity index is 1.72. The number of hydrogen-bond acceptors (Lipinski definition) is 3. The van der Waals surface area contributed by atoms with Gasteiger partial charge < -0.3 is 4.90 Å². The van der Waals surface area contributed by atoms with Gasteiger partial charge in [0.15, 0.2) is 11.6 Å². The van der Waals surface area contributed by atoms with Crippen molar-refractivity contribution < 1.29 is 22.0 Å². The van der Waals surface area contributed by atoms with Gasteiger partial charge in [0.1, 0.15) is 0 Å². The first-order valence-electron chi connectivity index (χ1n) is 7.89. The summed E-state index contributed by atoms with van der Waals surface area (Å²) in [7, 11) is -3.71. The minimum atomic E-state index is -3.71. The summed E-state index contributed by atoms with van der Waals surface area (Å²) >= 11 is 11.6. The number of sulfonamides is 1. The maximum absolute atomic E-state index is 13.4. The molecule has 0 spiro atoms. The summed E-state index contributed by atoms with van der Waals surface area (Å²) in [5.41, 5.74) is -0.162. The number of piperazine rings is 1. The highest BCUT2D eigenvalue weighted by molar-refractivity contribution is 7.89. The molecule has 0 N–H and O–H groups in total. The van der Waals surface area contributed by atoms with Gasteiger partial charge in [-0.1, -0.05) is 23.2 Å².